The molecule has 0 spiro atoms. The van der Waals surface area contributed by atoms with Crippen LogP contribution in [0.4, 0.5) is 5.82 Å². The first kappa shape index (κ1) is 12.8. The largest absolute Gasteiger partial charge is 0.367 e. The molecule has 0 aliphatic heterocycles. The summed E-state index contributed by atoms with van der Waals surface area (Å²) in [6.45, 7) is 0. The average Bonchev–Trinajstić information content (AvgIpc) is 2.50. The van der Waals surface area contributed by atoms with Gasteiger partial charge >= 0.3 is 0 Å². The topological polar surface area (TPSA) is 72.7 Å². The SMILES string of the molecule is O=c1cccnn1C1CCC(Nc2ccncn2)CC1. The number of hydrogen-bond donors (Lipinski definition) is 1. The van der Waals surface area contributed by atoms with Crippen LogP contribution in [0.5, 0.6) is 0 Å². The molecule has 0 bridgehead atoms. The highest BCUT2D eigenvalue weighted by atomic mass is 16.1. The van der Waals surface area contributed by atoms with Crippen LogP contribution in [-0.4, -0.2) is 25.8 Å². The van der Waals surface area contributed by atoms with Gasteiger partial charge in [0.15, 0.2) is 0 Å². The van der Waals surface area contributed by atoms with Gasteiger partial charge in [0.25, 0.3) is 5.56 Å². The lowest BCUT2D eigenvalue weighted by atomic mass is 9.91. The lowest BCUT2D eigenvalue weighted by Gasteiger charge is -2.29. The zero-order valence-electron chi connectivity index (χ0n) is 11.1. The predicted molar refractivity (Wildman–Crippen MR) is 75.4 cm³/mol. The van der Waals surface area contributed by atoms with Gasteiger partial charge in [-0.1, -0.05) is 0 Å². The molecule has 2 heterocycles. The van der Waals surface area contributed by atoms with Gasteiger partial charge in [0.1, 0.15) is 12.1 Å². The highest BCUT2D eigenvalue weighted by molar-refractivity contribution is 5.33. The Morgan fingerprint density at radius 1 is 1.15 bits per heavy atom. The maximum atomic E-state index is 11.8. The van der Waals surface area contributed by atoms with E-state index in [1.165, 1.54) is 0 Å². The first-order valence-corrected chi connectivity index (χ1v) is 6.89. The number of nitrogens with zero attached hydrogens (tertiary/aromatic N) is 4. The molecule has 0 aromatic carbocycles. The van der Waals surface area contributed by atoms with Crippen molar-refractivity contribution in [1.82, 2.24) is 19.7 Å². The molecule has 0 saturated heterocycles. The maximum absolute atomic E-state index is 11.8. The maximum Gasteiger partial charge on any atom is 0.266 e. The van der Waals surface area contributed by atoms with Crippen LogP contribution >= 0.6 is 0 Å². The molecule has 0 unspecified atom stereocenters. The van der Waals surface area contributed by atoms with Gasteiger partial charge in [-0.25, -0.2) is 14.6 Å². The molecule has 6 nitrogen and oxygen atoms in total. The van der Waals surface area contributed by atoms with Crippen molar-refractivity contribution in [3.05, 3.63) is 47.3 Å². The zero-order valence-corrected chi connectivity index (χ0v) is 11.1. The third-order valence-corrected chi connectivity index (χ3v) is 3.72. The van der Waals surface area contributed by atoms with Gasteiger partial charge in [0.2, 0.25) is 0 Å². The Morgan fingerprint density at radius 3 is 2.70 bits per heavy atom. The van der Waals surface area contributed by atoms with E-state index in [0.29, 0.717) is 6.04 Å². The van der Waals surface area contributed by atoms with Gasteiger partial charge < -0.3 is 5.32 Å². The van der Waals surface area contributed by atoms with Crippen molar-refractivity contribution >= 4 is 5.82 Å². The van der Waals surface area contributed by atoms with Crippen LogP contribution in [0.3, 0.4) is 0 Å². The molecule has 104 valence electrons. The zero-order chi connectivity index (χ0) is 13.8. The minimum Gasteiger partial charge on any atom is -0.367 e. The summed E-state index contributed by atoms with van der Waals surface area (Å²) in [7, 11) is 0. The van der Waals surface area contributed by atoms with Crippen molar-refractivity contribution in [2.24, 2.45) is 0 Å². The quantitative estimate of drug-likeness (QED) is 0.918. The number of rotatable bonds is 3. The Balaban J connectivity index is 1.60. The molecular weight excluding hydrogens is 254 g/mol. The van der Waals surface area contributed by atoms with E-state index in [1.807, 2.05) is 6.07 Å². The van der Waals surface area contributed by atoms with E-state index in [-0.39, 0.29) is 11.6 Å². The van der Waals surface area contributed by atoms with Crippen molar-refractivity contribution in [3.63, 3.8) is 0 Å². The van der Waals surface area contributed by atoms with Crippen molar-refractivity contribution in [2.45, 2.75) is 37.8 Å². The second-order valence-corrected chi connectivity index (χ2v) is 5.05. The molecule has 1 saturated carbocycles. The molecule has 1 aliphatic rings. The Morgan fingerprint density at radius 2 is 2.00 bits per heavy atom. The molecule has 3 rings (SSSR count). The van der Waals surface area contributed by atoms with E-state index < -0.39 is 0 Å². The summed E-state index contributed by atoms with van der Waals surface area (Å²) in [6.07, 6.45) is 8.89. The van der Waals surface area contributed by atoms with E-state index in [9.17, 15) is 4.79 Å². The van der Waals surface area contributed by atoms with E-state index in [0.717, 1.165) is 31.5 Å². The highest BCUT2D eigenvalue weighted by Gasteiger charge is 2.23. The van der Waals surface area contributed by atoms with Crippen LogP contribution in [0, 0.1) is 0 Å². The fraction of sp³-hybridized carbons (Fsp3) is 0.429. The molecule has 20 heavy (non-hydrogen) atoms. The monoisotopic (exact) mass is 271 g/mol. The molecule has 0 atom stereocenters. The van der Waals surface area contributed by atoms with Crippen LogP contribution in [0.2, 0.25) is 0 Å². The van der Waals surface area contributed by atoms with Crippen molar-refractivity contribution in [2.75, 3.05) is 5.32 Å². The minimum absolute atomic E-state index is 0.0142. The van der Waals surface area contributed by atoms with E-state index in [4.69, 9.17) is 0 Å². The summed E-state index contributed by atoms with van der Waals surface area (Å²) in [5.41, 5.74) is -0.0142. The first-order chi connectivity index (χ1) is 9.83. The van der Waals surface area contributed by atoms with Crippen LogP contribution in [0.25, 0.3) is 0 Å². The molecule has 0 amide bonds. The third kappa shape index (κ3) is 2.84. The van der Waals surface area contributed by atoms with Crippen LogP contribution in [0.15, 0.2) is 41.7 Å². The Hall–Kier alpha value is -2.24. The fourth-order valence-electron chi connectivity index (χ4n) is 2.69. The van der Waals surface area contributed by atoms with E-state index >= 15 is 0 Å². The fourth-order valence-corrected chi connectivity index (χ4v) is 2.69. The minimum atomic E-state index is -0.0142. The lowest BCUT2D eigenvalue weighted by molar-refractivity contribution is 0.303. The predicted octanol–water partition coefficient (Wildman–Crippen LogP) is 1.63. The Kier molecular flexibility index (Phi) is 3.71. The van der Waals surface area contributed by atoms with Crippen LogP contribution in [-0.2, 0) is 0 Å². The molecule has 2 aromatic heterocycles. The Bertz CT molecular complexity index is 604. The van der Waals surface area contributed by atoms with E-state index in [2.05, 4.69) is 20.4 Å². The molecule has 2 aromatic rings. The number of nitrogens with one attached hydrogen (secondary N) is 1. The molecule has 1 fully saturated rings. The molecule has 1 aliphatic carbocycles. The van der Waals surface area contributed by atoms with E-state index in [1.54, 1.807) is 35.5 Å². The molecule has 1 N–H and O–H groups in total. The first-order valence-electron chi connectivity index (χ1n) is 6.89. The summed E-state index contributed by atoms with van der Waals surface area (Å²) in [5, 5.41) is 7.58. The highest BCUT2D eigenvalue weighted by Crippen LogP contribution is 2.28. The molecular formula is C14H17N5O. The summed E-state index contributed by atoms with van der Waals surface area (Å²) in [4.78, 5) is 19.8. The summed E-state index contributed by atoms with van der Waals surface area (Å²) in [6, 6.07) is 5.74. The number of hydrogen-bond acceptors (Lipinski definition) is 5. The summed E-state index contributed by atoms with van der Waals surface area (Å²) in [5.74, 6) is 0.860. The standard InChI is InChI=1S/C14H17N5O/c20-14-2-1-8-17-19(14)12-5-3-11(4-6-12)18-13-7-9-15-10-16-13/h1-2,7-12H,3-6H2,(H,15,16,18). The number of anilines is 1. The second-order valence-electron chi connectivity index (χ2n) is 5.05. The van der Waals surface area contributed by atoms with Gasteiger partial charge in [0, 0.05) is 24.5 Å². The number of aromatic nitrogens is 4. The molecule has 0 radical (unpaired) electrons. The van der Waals surface area contributed by atoms with Crippen molar-refractivity contribution in [3.8, 4) is 0 Å². The summed E-state index contributed by atoms with van der Waals surface area (Å²) < 4.78 is 1.61. The molecule has 6 heteroatoms. The second kappa shape index (κ2) is 5.81. The van der Waals surface area contributed by atoms with Crippen molar-refractivity contribution in [1.29, 1.82) is 0 Å². The van der Waals surface area contributed by atoms with Gasteiger partial charge in [-0.3, -0.25) is 4.79 Å². The van der Waals surface area contributed by atoms with Gasteiger partial charge in [-0.15, -0.1) is 0 Å². The van der Waals surface area contributed by atoms with Gasteiger partial charge in [-0.05, 0) is 37.8 Å². The van der Waals surface area contributed by atoms with Crippen LogP contribution < -0.4 is 10.9 Å². The smallest absolute Gasteiger partial charge is 0.266 e. The van der Waals surface area contributed by atoms with Crippen LogP contribution in [0.1, 0.15) is 31.7 Å². The Labute approximate surface area is 116 Å². The van der Waals surface area contributed by atoms with Gasteiger partial charge in [-0.2, -0.15) is 5.10 Å². The lowest BCUT2D eigenvalue weighted by Crippen LogP contribution is -2.33. The summed E-state index contributed by atoms with van der Waals surface area (Å²) >= 11 is 0. The third-order valence-electron chi connectivity index (χ3n) is 3.72. The average molecular weight is 271 g/mol. The normalized spacial score (nSPS) is 22.4. The van der Waals surface area contributed by atoms with Crippen molar-refractivity contribution < 1.29 is 0 Å². The van der Waals surface area contributed by atoms with Gasteiger partial charge in [0.05, 0.1) is 6.04 Å².